The predicted octanol–water partition coefficient (Wildman–Crippen LogP) is 6.02. The van der Waals surface area contributed by atoms with E-state index < -0.39 is 18.2 Å². The Hall–Kier alpha value is -4.65. The van der Waals surface area contributed by atoms with Gasteiger partial charge in [-0.2, -0.15) is 0 Å². The van der Waals surface area contributed by atoms with Crippen LogP contribution < -0.4 is 29.0 Å². The second-order valence-corrected chi connectivity index (χ2v) is 11.8. The van der Waals surface area contributed by atoms with Crippen molar-refractivity contribution in [2.45, 2.75) is 59.0 Å². The second-order valence-electron chi connectivity index (χ2n) is 11.8. The molecule has 3 aromatic carbocycles. The maximum absolute atomic E-state index is 14.4. The van der Waals surface area contributed by atoms with Crippen LogP contribution in [0.1, 0.15) is 62.0 Å². The Morgan fingerprint density at radius 2 is 1.44 bits per heavy atom. The molecule has 13 heteroatoms. The van der Waals surface area contributed by atoms with Crippen molar-refractivity contribution in [2.24, 2.45) is 0 Å². The van der Waals surface area contributed by atoms with E-state index in [4.69, 9.17) is 18.9 Å². The molecule has 1 saturated heterocycles. The lowest BCUT2D eigenvalue weighted by molar-refractivity contribution is -0.274. The van der Waals surface area contributed by atoms with Gasteiger partial charge in [0.1, 0.15) is 11.8 Å². The van der Waals surface area contributed by atoms with Crippen LogP contribution in [0.2, 0.25) is 0 Å². The highest BCUT2D eigenvalue weighted by atomic mass is 19.4. The molecule has 5 rings (SSSR count). The van der Waals surface area contributed by atoms with Crippen molar-refractivity contribution in [3.63, 3.8) is 0 Å². The number of carbonyl (C=O) groups is 2. The molecule has 1 fully saturated rings. The third-order valence-electron chi connectivity index (χ3n) is 8.60. The molecule has 0 spiro atoms. The number of nitrogens with one attached hydrogen (secondary N) is 1. The number of benzene rings is 3. The molecule has 2 atom stereocenters. The molecule has 0 aromatic heterocycles. The molecule has 1 N–H and O–H groups in total. The predicted molar refractivity (Wildman–Crippen MR) is 180 cm³/mol. The fourth-order valence-electron chi connectivity index (χ4n) is 6.57. The van der Waals surface area contributed by atoms with Crippen molar-refractivity contribution in [3.05, 3.63) is 76.9 Å². The number of rotatable bonds is 14. The van der Waals surface area contributed by atoms with E-state index in [9.17, 15) is 22.8 Å². The summed E-state index contributed by atoms with van der Waals surface area (Å²) in [6.45, 7) is 10.5. The molecule has 270 valence electrons. The molecular formula is C37H44F3N3O7. The maximum Gasteiger partial charge on any atom is 0.573 e. The summed E-state index contributed by atoms with van der Waals surface area (Å²) in [5.41, 5.74) is 3.39. The number of amides is 2. The maximum atomic E-state index is 14.4. The van der Waals surface area contributed by atoms with Gasteiger partial charge in [0.05, 0.1) is 39.0 Å². The molecule has 2 aliphatic rings. The number of alkyl halides is 3. The van der Waals surface area contributed by atoms with Crippen LogP contribution in [0.3, 0.4) is 0 Å². The fourth-order valence-corrected chi connectivity index (χ4v) is 6.57. The highest BCUT2D eigenvalue weighted by molar-refractivity contribution is 5.86. The van der Waals surface area contributed by atoms with Crippen LogP contribution in [0.25, 0.3) is 0 Å². The minimum atomic E-state index is -4.84. The van der Waals surface area contributed by atoms with E-state index in [0.717, 1.165) is 16.7 Å². The Bertz CT molecular complexity index is 1630. The zero-order valence-electron chi connectivity index (χ0n) is 28.8. The topological polar surface area (TPSA) is 98.8 Å². The van der Waals surface area contributed by atoms with Crippen molar-refractivity contribution < 1.29 is 46.4 Å². The summed E-state index contributed by atoms with van der Waals surface area (Å²) in [6, 6.07) is 13.7. The number of piperazine rings is 1. The number of hydrogen-bond acceptors (Lipinski definition) is 8. The van der Waals surface area contributed by atoms with E-state index >= 15 is 0 Å². The van der Waals surface area contributed by atoms with Gasteiger partial charge in [-0.1, -0.05) is 18.2 Å². The van der Waals surface area contributed by atoms with Crippen LogP contribution in [0, 0.1) is 0 Å². The van der Waals surface area contributed by atoms with E-state index in [1.165, 1.54) is 24.3 Å². The molecular weight excluding hydrogens is 655 g/mol. The lowest BCUT2D eigenvalue weighted by Gasteiger charge is -2.41. The third kappa shape index (κ3) is 8.73. The fraction of sp³-hybridized carbons (Fsp3) is 0.459. The Kier molecular flexibility index (Phi) is 12.0. The average Bonchev–Trinajstić information content (AvgIpc) is 3.07. The summed E-state index contributed by atoms with van der Waals surface area (Å²) in [6.07, 6.45) is -3.78. The minimum Gasteiger partial charge on any atom is -0.490 e. The van der Waals surface area contributed by atoms with E-state index in [2.05, 4.69) is 10.1 Å². The van der Waals surface area contributed by atoms with Crippen LogP contribution in [-0.2, 0) is 22.4 Å². The van der Waals surface area contributed by atoms with Gasteiger partial charge in [0.2, 0.25) is 11.8 Å². The third-order valence-corrected chi connectivity index (χ3v) is 8.60. The summed E-state index contributed by atoms with van der Waals surface area (Å²) in [5, 5.41) is 2.82. The van der Waals surface area contributed by atoms with Crippen LogP contribution in [-0.4, -0.2) is 80.6 Å². The summed E-state index contributed by atoms with van der Waals surface area (Å²) in [5.74, 6) is 1.60. The summed E-state index contributed by atoms with van der Waals surface area (Å²) in [4.78, 5) is 31.1. The first kappa shape index (κ1) is 36.6. The van der Waals surface area contributed by atoms with Crippen LogP contribution in [0.15, 0.2) is 54.6 Å². The molecule has 0 radical (unpaired) electrons. The van der Waals surface area contributed by atoms with Gasteiger partial charge in [-0.05, 0) is 99.2 Å². The highest BCUT2D eigenvalue weighted by Crippen LogP contribution is 2.41. The standard InChI is InChI=1S/C37H44F3N3O7/c1-5-46-30-14-9-24(20-31(30)47-6-2)19-29-28-22-33(49-8-4)32(48-7-3)21-26(28)15-17-43(29)34(44)23-42-18-16-41-36(45)35(42)25-10-12-27(13-11-25)50-37(38,39)40/h9-14,20-22,29,35H,5-8,15-19,23H2,1-4H3,(H,41,45). The van der Waals surface area contributed by atoms with Crippen molar-refractivity contribution >= 4 is 11.8 Å². The Morgan fingerprint density at radius 1 is 0.820 bits per heavy atom. The van der Waals surface area contributed by atoms with Crippen LogP contribution in [0.4, 0.5) is 13.2 Å². The van der Waals surface area contributed by atoms with Gasteiger partial charge in [0.15, 0.2) is 23.0 Å². The Labute approximate surface area is 290 Å². The van der Waals surface area contributed by atoms with Crippen molar-refractivity contribution in [2.75, 3.05) is 52.6 Å². The number of hydrogen-bond donors (Lipinski definition) is 1. The molecule has 0 bridgehead atoms. The van der Waals surface area contributed by atoms with Gasteiger partial charge in [0, 0.05) is 19.6 Å². The normalized spacial score (nSPS) is 17.8. The van der Waals surface area contributed by atoms with Gasteiger partial charge >= 0.3 is 6.36 Å². The van der Waals surface area contributed by atoms with Crippen molar-refractivity contribution in [3.8, 4) is 28.7 Å². The highest BCUT2D eigenvalue weighted by Gasteiger charge is 2.37. The van der Waals surface area contributed by atoms with E-state index in [0.29, 0.717) is 87.5 Å². The van der Waals surface area contributed by atoms with Gasteiger partial charge < -0.3 is 33.9 Å². The molecule has 3 aromatic rings. The van der Waals surface area contributed by atoms with E-state index in [1.54, 1.807) is 4.90 Å². The number of halogens is 3. The molecule has 2 aliphatic heterocycles. The zero-order valence-corrected chi connectivity index (χ0v) is 28.8. The van der Waals surface area contributed by atoms with Gasteiger partial charge in [-0.3, -0.25) is 14.5 Å². The Balaban J connectivity index is 1.47. The second kappa shape index (κ2) is 16.4. The monoisotopic (exact) mass is 699 g/mol. The average molecular weight is 700 g/mol. The van der Waals surface area contributed by atoms with Gasteiger partial charge in [-0.25, -0.2) is 0 Å². The quantitative estimate of drug-likeness (QED) is 0.218. The molecule has 0 aliphatic carbocycles. The van der Waals surface area contributed by atoms with Crippen molar-refractivity contribution in [1.29, 1.82) is 0 Å². The number of nitrogens with zero attached hydrogens (tertiary/aromatic N) is 2. The molecule has 2 heterocycles. The first-order chi connectivity index (χ1) is 24.0. The summed E-state index contributed by atoms with van der Waals surface area (Å²) in [7, 11) is 0. The first-order valence-electron chi connectivity index (χ1n) is 17.0. The summed E-state index contributed by atoms with van der Waals surface area (Å²) >= 11 is 0. The lowest BCUT2D eigenvalue weighted by Crippen LogP contribution is -2.54. The Morgan fingerprint density at radius 3 is 2.08 bits per heavy atom. The molecule has 50 heavy (non-hydrogen) atoms. The van der Waals surface area contributed by atoms with Crippen LogP contribution in [0.5, 0.6) is 28.7 Å². The van der Waals surface area contributed by atoms with Crippen LogP contribution >= 0.6 is 0 Å². The largest absolute Gasteiger partial charge is 0.573 e. The zero-order chi connectivity index (χ0) is 35.8. The van der Waals surface area contributed by atoms with E-state index in [1.807, 2.05) is 62.9 Å². The number of carbonyl (C=O) groups excluding carboxylic acids is 2. The molecule has 2 unspecified atom stereocenters. The SMILES string of the molecule is CCOc1ccc(CC2c3cc(OCC)c(OCC)cc3CCN2C(=O)CN2CCNC(=O)C2c2ccc(OC(F)(F)F)cc2)cc1OCC. The smallest absolute Gasteiger partial charge is 0.490 e. The number of ether oxygens (including phenoxy) is 5. The van der Waals surface area contributed by atoms with Gasteiger partial charge in [-0.15, -0.1) is 13.2 Å². The minimum absolute atomic E-state index is 0.0759. The van der Waals surface area contributed by atoms with E-state index in [-0.39, 0.29) is 24.4 Å². The molecule has 2 amide bonds. The van der Waals surface area contributed by atoms with Gasteiger partial charge in [0.25, 0.3) is 0 Å². The first-order valence-corrected chi connectivity index (χ1v) is 17.0. The number of fused-ring (bicyclic) bond motifs is 1. The molecule has 0 saturated carbocycles. The summed E-state index contributed by atoms with van der Waals surface area (Å²) < 4.78 is 65.9. The lowest BCUT2D eigenvalue weighted by atomic mass is 9.87. The molecule has 10 nitrogen and oxygen atoms in total. The van der Waals surface area contributed by atoms with Crippen molar-refractivity contribution in [1.82, 2.24) is 15.1 Å².